The van der Waals surface area contributed by atoms with Gasteiger partial charge in [0, 0.05) is 14.1 Å². The van der Waals surface area contributed by atoms with Crippen molar-refractivity contribution in [3.05, 3.63) is 98.3 Å². The van der Waals surface area contributed by atoms with E-state index in [1.165, 1.54) is 11.6 Å². The number of hydrogen-bond donors (Lipinski definition) is 0. The molecular weight excluding hydrogens is 426 g/mol. The first kappa shape index (κ1) is 22.2. The van der Waals surface area contributed by atoms with Crippen molar-refractivity contribution in [1.29, 1.82) is 0 Å². The molecule has 34 heavy (non-hydrogen) atoms. The molecule has 1 atom stereocenters. The van der Waals surface area contributed by atoms with E-state index in [1.54, 1.807) is 11.6 Å². The Hall–Kier alpha value is -3.64. The third kappa shape index (κ3) is 3.37. The molecule has 4 aromatic rings. The second-order valence-corrected chi connectivity index (χ2v) is 9.68. The number of rotatable bonds is 3. The lowest BCUT2D eigenvalue weighted by molar-refractivity contribution is -0.00302. The molecule has 6 nitrogen and oxygen atoms in total. The average molecular weight is 456 g/mol. The molecule has 0 unspecified atom stereocenters. The summed E-state index contributed by atoms with van der Waals surface area (Å²) in [5, 5.41) is 0.542. The van der Waals surface area contributed by atoms with Gasteiger partial charge in [0.1, 0.15) is 6.10 Å². The van der Waals surface area contributed by atoms with E-state index in [2.05, 4.69) is 18.4 Å². The van der Waals surface area contributed by atoms with E-state index in [9.17, 15) is 9.59 Å². The molecule has 2 aromatic heterocycles. The lowest BCUT2D eigenvalue weighted by Gasteiger charge is -2.38. The van der Waals surface area contributed by atoms with Crippen molar-refractivity contribution in [3.63, 3.8) is 0 Å². The Morgan fingerprint density at radius 1 is 0.971 bits per heavy atom. The van der Waals surface area contributed by atoms with Crippen molar-refractivity contribution in [2.45, 2.75) is 32.4 Å². The Balaban J connectivity index is 1.90. The normalized spacial score (nSPS) is 17.4. The van der Waals surface area contributed by atoms with E-state index in [1.807, 2.05) is 73.7 Å². The highest BCUT2D eigenvalue weighted by Gasteiger charge is 2.39. The van der Waals surface area contributed by atoms with Crippen molar-refractivity contribution in [3.8, 4) is 11.3 Å². The summed E-state index contributed by atoms with van der Waals surface area (Å²) < 4.78 is 11.3. The largest absolute Gasteiger partial charge is 0.365 e. The van der Waals surface area contributed by atoms with E-state index in [4.69, 9.17) is 4.74 Å². The SMILES string of the molecule is Cc1ccc(-c2c3c(=O)n(C)c(=O)n(C)c3c3n2C(C)(C)CO[C@H]3/C=C/c2ccccc2)cc1. The molecule has 2 aromatic carbocycles. The van der Waals surface area contributed by atoms with Gasteiger partial charge in [-0.2, -0.15) is 0 Å². The zero-order valence-corrected chi connectivity index (χ0v) is 20.2. The Morgan fingerprint density at radius 3 is 2.32 bits per heavy atom. The quantitative estimate of drug-likeness (QED) is 0.456. The highest BCUT2D eigenvalue weighted by Crippen LogP contribution is 2.43. The maximum Gasteiger partial charge on any atom is 0.331 e. The minimum atomic E-state index is -0.424. The molecule has 0 bridgehead atoms. The first-order chi connectivity index (χ1) is 16.2. The Bertz CT molecular complexity index is 1530. The predicted molar refractivity (Wildman–Crippen MR) is 136 cm³/mol. The van der Waals surface area contributed by atoms with E-state index >= 15 is 0 Å². The summed E-state index contributed by atoms with van der Waals surface area (Å²) in [6.45, 7) is 6.72. The second kappa shape index (κ2) is 7.99. The van der Waals surface area contributed by atoms with Crippen LogP contribution < -0.4 is 11.2 Å². The van der Waals surface area contributed by atoms with Crippen LogP contribution in [0, 0.1) is 6.92 Å². The van der Waals surface area contributed by atoms with E-state index in [-0.39, 0.29) is 11.2 Å². The minimum absolute atomic E-state index is 0.294. The topological polar surface area (TPSA) is 58.2 Å². The fourth-order valence-electron chi connectivity index (χ4n) is 4.92. The maximum absolute atomic E-state index is 13.6. The van der Waals surface area contributed by atoms with Crippen molar-refractivity contribution in [2.75, 3.05) is 6.61 Å². The molecule has 0 fully saturated rings. The molecule has 3 heterocycles. The van der Waals surface area contributed by atoms with Gasteiger partial charge in [0.2, 0.25) is 0 Å². The zero-order chi connectivity index (χ0) is 24.2. The first-order valence-electron chi connectivity index (χ1n) is 11.5. The number of ether oxygens (including phenoxy) is 1. The molecule has 0 saturated carbocycles. The molecule has 0 amide bonds. The summed E-state index contributed by atoms with van der Waals surface area (Å²) in [5.74, 6) is 0. The molecule has 1 aliphatic heterocycles. The second-order valence-electron chi connectivity index (χ2n) is 9.68. The minimum Gasteiger partial charge on any atom is -0.365 e. The lowest BCUT2D eigenvalue weighted by atomic mass is 10.0. The Morgan fingerprint density at radius 2 is 1.65 bits per heavy atom. The first-order valence-corrected chi connectivity index (χ1v) is 11.5. The Labute approximate surface area is 198 Å². The van der Waals surface area contributed by atoms with Gasteiger partial charge < -0.3 is 9.30 Å². The molecule has 0 aliphatic carbocycles. The average Bonchev–Trinajstić information content (AvgIpc) is 3.20. The van der Waals surface area contributed by atoms with Crippen LogP contribution >= 0.6 is 0 Å². The molecule has 0 radical (unpaired) electrons. The van der Waals surface area contributed by atoms with Crippen LogP contribution in [0.25, 0.3) is 28.2 Å². The van der Waals surface area contributed by atoms with Gasteiger partial charge in [-0.25, -0.2) is 4.79 Å². The number of benzene rings is 2. The van der Waals surface area contributed by atoms with Crippen LogP contribution in [0.5, 0.6) is 0 Å². The number of nitrogens with zero attached hydrogens (tertiary/aromatic N) is 3. The zero-order valence-electron chi connectivity index (χ0n) is 20.2. The van der Waals surface area contributed by atoms with Gasteiger partial charge in [0.15, 0.2) is 0 Å². The summed E-state index contributed by atoms with van der Waals surface area (Å²) in [5.41, 5.74) is 4.35. The molecule has 174 valence electrons. The van der Waals surface area contributed by atoms with Gasteiger partial charge in [-0.05, 0) is 38.0 Å². The highest BCUT2D eigenvalue weighted by molar-refractivity contribution is 5.96. The van der Waals surface area contributed by atoms with Gasteiger partial charge in [-0.1, -0.05) is 66.2 Å². The highest BCUT2D eigenvalue weighted by atomic mass is 16.5. The van der Waals surface area contributed by atoms with Gasteiger partial charge in [0.25, 0.3) is 5.56 Å². The summed E-state index contributed by atoms with van der Waals surface area (Å²) >= 11 is 0. The molecule has 6 heteroatoms. The number of aryl methyl sites for hydroxylation is 2. The third-order valence-electron chi connectivity index (χ3n) is 6.69. The summed E-state index contributed by atoms with van der Waals surface area (Å²) in [6.07, 6.45) is 3.63. The van der Waals surface area contributed by atoms with Gasteiger partial charge in [-0.15, -0.1) is 0 Å². The fraction of sp³-hybridized carbons (Fsp3) is 0.286. The van der Waals surface area contributed by atoms with Crippen molar-refractivity contribution in [2.24, 2.45) is 14.1 Å². The lowest BCUT2D eigenvalue weighted by Crippen LogP contribution is -2.39. The summed E-state index contributed by atoms with van der Waals surface area (Å²) in [6, 6.07) is 18.2. The molecular formula is C28H29N3O3. The van der Waals surface area contributed by atoms with Crippen LogP contribution in [-0.4, -0.2) is 20.3 Å². The van der Waals surface area contributed by atoms with Gasteiger partial charge in [-0.3, -0.25) is 13.9 Å². The molecule has 5 rings (SSSR count). The third-order valence-corrected chi connectivity index (χ3v) is 6.69. The summed E-state index contributed by atoms with van der Waals surface area (Å²) in [7, 11) is 3.26. The molecule has 0 saturated heterocycles. The predicted octanol–water partition coefficient (Wildman–Crippen LogP) is 4.53. The standard InChI is InChI=1S/C28H29N3O3/c1-18-11-14-20(15-12-18)23-22-25(29(4)27(33)30(5)26(22)32)24-21(34-17-28(2,3)31(23)24)16-13-19-9-7-6-8-10-19/h6-16,21H,17H2,1-5H3/b16-13+/t21-/m0/s1. The van der Waals surface area contributed by atoms with E-state index in [0.29, 0.717) is 17.5 Å². The smallest absolute Gasteiger partial charge is 0.331 e. The van der Waals surface area contributed by atoms with Crippen molar-refractivity contribution >= 4 is 17.0 Å². The molecule has 0 N–H and O–H groups in total. The monoisotopic (exact) mass is 455 g/mol. The van der Waals surface area contributed by atoms with Crippen LogP contribution in [0.2, 0.25) is 0 Å². The Kier molecular flexibility index (Phi) is 5.21. The number of fused-ring (bicyclic) bond motifs is 3. The van der Waals surface area contributed by atoms with Crippen LogP contribution in [0.3, 0.4) is 0 Å². The molecule has 0 spiro atoms. The van der Waals surface area contributed by atoms with Gasteiger partial charge in [0.05, 0.1) is 34.4 Å². The maximum atomic E-state index is 13.6. The fourth-order valence-corrected chi connectivity index (χ4v) is 4.92. The van der Waals surface area contributed by atoms with E-state index in [0.717, 1.165) is 28.1 Å². The van der Waals surface area contributed by atoms with Crippen LogP contribution in [0.4, 0.5) is 0 Å². The van der Waals surface area contributed by atoms with Crippen molar-refractivity contribution < 1.29 is 4.74 Å². The van der Waals surface area contributed by atoms with Crippen LogP contribution in [-0.2, 0) is 24.4 Å². The number of hydrogen-bond acceptors (Lipinski definition) is 3. The van der Waals surface area contributed by atoms with Gasteiger partial charge >= 0.3 is 5.69 Å². The van der Waals surface area contributed by atoms with Crippen molar-refractivity contribution in [1.82, 2.24) is 13.7 Å². The van der Waals surface area contributed by atoms with Crippen LogP contribution in [0.15, 0.2) is 70.3 Å². The molecule has 1 aliphatic rings. The summed E-state index contributed by atoms with van der Waals surface area (Å²) in [4.78, 5) is 26.5. The van der Waals surface area contributed by atoms with E-state index < -0.39 is 11.6 Å². The van der Waals surface area contributed by atoms with Crippen LogP contribution in [0.1, 0.15) is 36.8 Å². The number of aromatic nitrogens is 3.